The number of esters is 1. The molecule has 0 saturated heterocycles. The number of nitrogens with one attached hydrogen (secondary N) is 1. The van der Waals surface area contributed by atoms with Crippen LogP contribution in [0.4, 0.5) is 30.2 Å². The van der Waals surface area contributed by atoms with E-state index >= 15 is 0 Å². The molecule has 1 heterocycles. The van der Waals surface area contributed by atoms with Crippen molar-refractivity contribution >= 4 is 50.3 Å². The Labute approximate surface area is 266 Å². The molecule has 1 aromatic heterocycles. The highest BCUT2D eigenvalue weighted by atomic mass is 32.3. The van der Waals surface area contributed by atoms with Crippen molar-refractivity contribution in [3.05, 3.63) is 91.1 Å². The number of nitrogens with zero attached hydrogens (tertiary/aromatic N) is 4. The number of nitro benzene ring substituents is 2. The topological polar surface area (TPSA) is 266 Å². The van der Waals surface area contributed by atoms with Crippen LogP contribution in [0.2, 0.25) is 0 Å². The number of nitro groups is 2. The number of carbonyl (C=O) groups is 2. The van der Waals surface area contributed by atoms with Crippen LogP contribution in [0, 0.1) is 31.6 Å². The fraction of sp³-hybridized carbons (Fsp3) is 0.185. The van der Waals surface area contributed by atoms with E-state index in [9.17, 15) is 48.3 Å². The van der Waals surface area contributed by atoms with E-state index in [4.69, 9.17) is 26.8 Å². The number of anilines is 1. The Hall–Kier alpha value is -5.98. The van der Waals surface area contributed by atoms with Crippen molar-refractivity contribution in [1.82, 2.24) is 5.16 Å². The third-order valence-electron chi connectivity index (χ3n) is 5.83. The van der Waals surface area contributed by atoms with Crippen LogP contribution < -0.4 is 5.32 Å². The Kier molecular flexibility index (Phi) is 10.2. The van der Waals surface area contributed by atoms with Gasteiger partial charge in [-0.05, 0) is 51.1 Å². The Bertz CT molecular complexity index is 2110. The summed E-state index contributed by atoms with van der Waals surface area (Å²) in [7, 11) is -4.67. The van der Waals surface area contributed by atoms with Gasteiger partial charge in [-0.15, -0.1) is 0 Å². The SMILES string of the molecule is CC(C)(C)OC(=O)c1cc(C#N)ccc1NC(=O)c1noc2cc(-c3ccc([N+](=O)[O-])cc3C(F)(F)F)c([N+](=O)[O-])cc12.O=S(=O)(O)O. The molecule has 0 unspecified atom stereocenters. The highest BCUT2D eigenvalue weighted by molar-refractivity contribution is 7.79. The maximum absolute atomic E-state index is 13.8. The molecule has 0 fully saturated rings. The van der Waals surface area contributed by atoms with Gasteiger partial charge in [0.15, 0.2) is 11.3 Å². The van der Waals surface area contributed by atoms with Gasteiger partial charge in [-0.25, -0.2) is 4.79 Å². The maximum atomic E-state index is 13.8. The van der Waals surface area contributed by atoms with Crippen LogP contribution in [0.5, 0.6) is 0 Å². The number of rotatable bonds is 6. The fourth-order valence-electron chi connectivity index (χ4n) is 4.02. The lowest BCUT2D eigenvalue weighted by molar-refractivity contribution is -0.385. The molecule has 1 amide bonds. The molecular formula is C27H20F3N5O12S. The van der Waals surface area contributed by atoms with E-state index < -0.39 is 77.7 Å². The summed E-state index contributed by atoms with van der Waals surface area (Å²) in [6, 6.07) is 8.99. The lowest BCUT2D eigenvalue weighted by atomic mass is 9.96. The van der Waals surface area contributed by atoms with Gasteiger partial charge in [-0.1, -0.05) is 5.16 Å². The number of carbonyl (C=O) groups excluding carboxylic acids is 2. The zero-order valence-corrected chi connectivity index (χ0v) is 25.2. The minimum atomic E-state index is -5.12. The molecular weight excluding hydrogens is 675 g/mol. The summed E-state index contributed by atoms with van der Waals surface area (Å²) in [5.41, 5.74) is -6.54. The maximum Gasteiger partial charge on any atom is 0.417 e. The number of halogens is 3. The lowest BCUT2D eigenvalue weighted by Gasteiger charge is -2.20. The van der Waals surface area contributed by atoms with Crippen LogP contribution in [0.25, 0.3) is 22.1 Å². The van der Waals surface area contributed by atoms with Crippen molar-refractivity contribution in [2.45, 2.75) is 32.5 Å². The van der Waals surface area contributed by atoms with Crippen LogP contribution >= 0.6 is 0 Å². The first-order chi connectivity index (χ1) is 22.0. The Morgan fingerprint density at radius 3 is 2.15 bits per heavy atom. The number of non-ortho nitro benzene ring substituents is 1. The number of aromatic nitrogens is 1. The number of amides is 1. The molecule has 0 saturated carbocycles. The van der Waals surface area contributed by atoms with E-state index in [1.807, 2.05) is 6.07 Å². The first-order valence-corrected chi connectivity index (χ1v) is 14.1. The number of fused-ring (bicyclic) bond motifs is 1. The second kappa shape index (κ2) is 13.4. The van der Waals surface area contributed by atoms with Crippen molar-refractivity contribution in [3.63, 3.8) is 0 Å². The van der Waals surface area contributed by atoms with Crippen molar-refractivity contribution in [2.75, 3.05) is 5.32 Å². The van der Waals surface area contributed by atoms with E-state index in [-0.39, 0.29) is 33.8 Å². The first-order valence-electron chi connectivity index (χ1n) is 12.7. The summed E-state index contributed by atoms with van der Waals surface area (Å²) in [6.07, 6.45) is -5.12. The molecule has 48 heavy (non-hydrogen) atoms. The largest absolute Gasteiger partial charge is 0.456 e. The Morgan fingerprint density at radius 1 is 1.00 bits per heavy atom. The monoisotopic (exact) mass is 695 g/mol. The third-order valence-corrected chi connectivity index (χ3v) is 5.83. The Balaban J connectivity index is 0.00000116. The molecule has 21 heteroatoms. The summed E-state index contributed by atoms with van der Waals surface area (Å²) in [5, 5.41) is 38.0. The summed E-state index contributed by atoms with van der Waals surface area (Å²) < 4.78 is 83.5. The van der Waals surface area contributed by atoms with Gasteiger partial charge in [-0.3, -0.25) is 34.1 Å². The molecule has 0 radical (unpaired) electrons. The van der Waals surface area contributed by atoms with Gasteiger partial charge in [-0.2, -0.15) is 26.9 Å². The van der Waals surface area contributed by atoms with Crippen LogP contribution in [-0.2, 0) is 21.3 Å². The minimum Gasteiger partial charge on any atom is -0.456 e. The van der Waals surface area contributed by atoms with Crippen LogP contribution in [0.15, 0.2) is 53.1 Å². The van der Waals surface area contributed by atoms with Gasteiger partial charge in [0.25, 0.3) is 17.3 Å². The predicted molar refractivity (Wildman–Crippen MR) is 156 cm³/mol. The van der Waals surface area contributed by atoms with Gasteiger partial charge in [0.2, 0.25) is 0 Å². The highest BCUT2D eigenvalue weighted by Crippen LogP contribution is 2.43. The zero-order valence-electron chi connectivity index (χ0n) is 24.4. The molecule has 0 bridgehead atoms. The van der Waals surface area contributed by atoms with E-state index in [0.29, 0.717) is 0 Å². The van der Waals surface area contributed by atoms with Crippen molar-refractivity contribution < 1.29 is 59.4 Å². The van der Waals surface area contributed by atoms with Crippen molar-refractivity contribution in [1.29, 1.82) is 5.26 Å². The lowest BCUT2D eigenvalue weighted by Crippen LogP contribution is -2.25. The average molecular weight is 696 g/mol. The number of alkyl halides is 3. The number of nitriles is 1. The molecule has 0 spiro atoms. The smallest absolute Gasteiger partial charge is 0.417 e. The van der Waals surface area contributed by atoms with Crippen LogP contribution in [0.1, 0.15) is 52.7 Å². The number of hydrogen-bond acceptors (Lipinski definition) is 12. The molecule has 0 aliphatic heterocycles. The predicted octanol–water partition coefficient (Wildman–Crippen LogP) is 5.76. The number of ether oxygens (including phenoxy) is 1. The summed E-state index contributed by atoms with van der Waals surface area (Å²) in [4.78, 5) is 46.9. The molecule has 0 aliphatic carbocycles. The number of benzene rings is 3. The molecule has 17 nitrogen and oxygen atoms in total. The van der Waals surface area contributed by atoms with Gasteiger partial charge < -0.3 is 14.6 Å². The van der Waals surface area contributed by atoms with Crippen molar-refractivity contribution in [2.24, 2.45) is 0 Å². The van der Waals surface area contributed by atoms with E-state index in [1.54, 1.807) is 20.8 Å². The summed E-state index contributed by atoms with van der Waals surface area (Å²) in [5.74, 6) is -1.88. The van der Waals surface area contributed by atoms with E-state index in [1.165, 1.54) is 18.2 Å². The zero-order chi connectivity index (χ0) is 36.4. The first kappa shape index (κ1) is 36.5. The summed E-state index contributed by atoms with van der Waals surface area (Å²) >= 11 is 0. The second-order valence-electron chi connectivity index (χ2n) is 10.4. The molecule has 0 atom stereocenters. The Morgan fingerprint density at radius 2 is 1.62 bits per heavy atom. The fourth-order valence-corrected chi connectivity index (χ4v) is 4.02. The molecule has 4 rings (SSSR count). The highest BCUT2D eigenvalue weighted by Gasteiger charge is 2.37. The standard InChI is InChI=1S/C27H18F3N5O8.H2O4S/c1-26(2,3)42-25(37)17-8-13(12-31)4-7-20(17)32-24(36)23-18-10-21(35(40)41)16(11-22(18)43-33-23)15-6-5-14(34(38)39)9-19(15)27(28,29)30;1-5(2,3)4/h4-11H,1-3H3,(H,32,36);(H2,1,2,3,4). The van der Waals surface area contributed by atoms with Gasteiger partial charge in [0.1, 0.15) is 5.60 Å². The van der Waals surface area contributed by atoms with E-state index in [2.05, 4.69) is 10.5 Å². The summed E-state index contributed by atoms with van der Waals surface area (Å²) in [6.45, 7) is 4.82. The quantitative estimate of drug-likeness (QED) is 0.0937. The normalized spacial score (nSPS) is 11.6. The van der Waals surface area contributed by atoms with Crippen LogP contribution in [0.3, 0.4) is 0 Å². The van der Waals surface area contributed by atoms with E-state index in [0.717, 1.165) is 24.3 Å². The molecule has 252 valence electrons. The molecule has 4 aromatic rings. The third kappa shape index (κ3) is 9.06. The van der Waals surface area contributed by atoms with Crippen LogP contribution in [-0.4, -0.2) is 50.0 Å². The van der Waals surface area contributed by atoms with Gasteiger partial charge in [0, 0.05) is 23.8 Å². The molecule has 3 N–H and O–H groups in total. The van der Waals surface area contributed by atoms with Gasteiger partial charge >= 0.3 is 22.5 Å². The number of hydrogen-bond donors (Lipinski definition) is 3. The average Bonchev–Trinajstić information content (AvgIpc) is 3.37. The van der Waals surface area contributed by atoms with Gasteiger partial charge in [0.05, 0.1) is 49.2 Å². The minimum absolute atomic E-state index is 0.0818. The molecule has 3 aromatic carbocycles. The molecule has 0 aliphatic rings. The second-order valence-corrected chi connectivity index (χ2v) is 11.3. The van der Waals surface area contributed by atoms with Crippen molar-refractivity contribution in [3.8, 4) is 17.2 Å².